The molecule has 7 nitrogen and oxygen atoms in total. The molecule has 1 atom stereocenters. The first kappa shape index (κ1) is 14.8. The zero-order valence-electron chi connectivity index (χ0n) is 11.6. The van der Waals surface area contributed by atoms with Crippen LogP contribution in [-0.4, -0.2) is 35.6 Å². The summed E-state index contributed by atoms with van der Waals surface area (Å²) in [6.45, 7) is 1.96. The number of fused-ring (bicyclic) bond motifs is 1. The van der Waals surface area contributed by atoms with Gasteiger partial charge in [0, 0.05) is 12.2 Å². The molecule has 0 spiro atoms. The van der Waals surface area contributed by atoms with E-state index in [1.165, 1.54) is 17.9 Å². The van der Waals surface area contributed by atoms with Gasteiger partial charge in [-0.2, -0.15) is 0 Å². The Bertz CT molecular complexity index is 600. The number of nitrogens with two attached hydrogens (primary N) is 1. The normalized spacial score (nSPS) is 15.0. The predicted octanol–water partition coefficient (Wildman–Crippen LogP) is 0.721. The van der Waals surface area contributed by atoms with Crippen LogP contribution in [0.25, 0.3) is 0 Å². The molecule has 0 bridgehead atoms. The molecule has 112 valence electrons. The molecule has 0 fully saturated rings. The summed E-state index contributed by atoms with van der Waals surface area (Å²) in [5.41, 5.74) is 6.53. The number of nitrogens with zero attached hydrogens (tertiary/aromatic N) is 1. The van der Waals surface area contributed by atoms with Crippen molar-refractivity contribution in [1.29, 1.82) is 0 Å². The first-order valence-corrected chi connectivity index (χ1v) is 6.64. The zero-order valence-corrected chi connectivity index (χ0v) is 11.6. The van der Waals surface area contributed by atoms with Gasteiger partial charge in [-0.25, -0.2) is 9.59 Å². The number of rotatable bonds is 3. The maximum Gasteiger partial charge on any atom is 0.336 e. The van der Waals surface area contributed by atoms with Crippen LogP contribution in [-0.2, 0) is 11.2 Å². The van der Waals surface area contributed by atoms with Gasteiger partial charge in [-0.15, -0.1) is 0 Å². The number of carboxylic acids is 1. The van der Waals surface area contributed by atoms with Crippen LogP contribution in [0, 0.1) is 0 Å². The summed E-state index contributed by atoms with van der Waals surface area (Å²) in [7, 11) is 0. The molecule has 1 aromatic carbocycles. The van der Waals surface area contributed by atoms with Gasteiger partial charge in [-0.1, -0.05) is 6.07 Å². The molecule has 1 heterocycles. The summed E-state index contributed by atoms with van der Waals surface area (Å²) in [6, 6.07) is 3.59. The van der Waals surface area contributed by atoms with Crippen molar-refractivity contribution < 1.29 is 19.5 Å². The largest absolute Gasteiger partial charge is 0.478 e. The van der Waals surface area contributed by atoms with E-state index in [4.69, 9.17) is 5.73 Å². The van der Waals surface area contributed by atoms with Crippen molar-refractivity contribution in [2.45, 2.75) is 25.8 Å². The Labute approximate surface area is 121 Å². The monoisotopic (exact) mass is 291 g/mol. The second-order valence-electron chi connectivity index (χ2n) is 4.94. The Kier molecular flexibility index (Phi) is 4.11. The van der Waals surface area contributed by atoms with E-state index in [1.807, 2.05) is 0 Å². The minimum atomic E-state index is -1.01. The fraction of sp³-hybridized carbons (Fsp3) is 0.357. The second kappa shape index (κ2) is 5.82. The van der Waals surface area contributed by atoms with Crippen LogP contribution >= 0.6 is 0 Å². The lowest BCUT2D eigenvalue weighted by Gasteiger charge is -2.31. The van der Waals surface area contributed by atoms with E-state index < -0.39 is 23.9 Å². The lowest BCUT2D eigenvalue weighted by atomic mass is 9.96. The van der Waals surface area contributed by atoms with Crippen LogP contribution in [0.1, 0.15) is 29.3 Å². The third-order valence-corrected chi connectivity index (χ3v) is 3.49. The third kappa shape index (κ3) is 2.96. The molecule has 2 rings (SSSR count). The Morgan fingerprint density at radius 1 is 1.38 bits per heavy atom. The number of carbonyl (C=O) groups is 3. The van der Waals surface area contributed by atoms with E-state index in [0.717, 1.165) is 0 Å². The Hall–Kier alpha value is -2.57. The topological polar surface area (TPSA) is 113 Å². The molecule has 3 amide bonds. The summed E-state index contributed by atoms with van der Waals surface area (Å²) in [5, 5.41) is 11.7. The van der Waals surface area contributed by atoms with Gasteiger partial charge in [0.15, 0.2) is 0 Å². The molecule has 1 aliphatic rings. The molecule has 4 N–H and O–H groups in total. The van der Waals surface area contributed by atoms with Gasteiger partial charge in [-0.3, -0.25) is 9.69 Å². The highest BCUT2D eigenvalue weighted by Crippen LogP contribution is 2.30. The number of carbonyl (C=O) groups excluding carboxylic acids is 2. The number of amides is 3. The van der Waals surface area contributed by atoms with Crippen LogP contribution in [0.3, 0.4) is 0 Å². The number of aromatic carboxylic acids is 1. The van der Waals surface area contributed by atoms with Crippen molar-refractivity contribution >= 4 is 23.6 Å². The van der Waals surface area contributed by atoms with Crippen molar-refractivity contribution in [1.82, 2.24) is 5.32 Å². The van der Waals surface area contributed by atoms with Gasteiger partial charge in [-0.05, 0) is 37.5 Å². The maximum atomic E-state index is 12.2. The van der Waals surface area contributed by atoms with E-state index in [-0.39, 0.29) is 5.56 Å². The molecule has 0 aromatic heterocycles. The van der Waals surface area contributed by atoms with E-state index in [2.05, 4.69) is 5.32 Å². The highest BCUT2D eigenvalue weighted by Gasteiger charge is 2.27. The minimum absolute atomic E-state index is 0.202. The van der Waals surface area contributed by atoms with E-state index in [1.54, 1.807) is 12.1 Å². The standard InChI is InChI=1S/C14H17N3O4/c1-8(12(15)18)16-14(21)17-7-3-5-9-10(13(19)20)4-2-6-11(9)17/h2,4,6,8H,3,5,7H2,1H3,(H2,15,18)(H,16,21)(H,19,20). The number of benzene rings is 1. The van der Waals surface area contributed by atoms with Gasteiger partial charge >= 0.3 is 12.0 Å². The van der Waals surface area contributed by atoms with Crippen LogP contribution in [0.4, 0.5) is 10.5 Å². The van der Waals surface area contributed by atoms with Gasteiger partial charge in [0.25, 0.3) is 0 Å². The average Bonchev–Trinajstić information content (AvgIpc) is 2.45. The van der Waals surface area contributed by atoms with E-state index >= 15 is 0 Å². The number of hydrogen-bond donors (Lipinski definition) is 3. The Morgan fingerprint density at radius 2 is 2.10 bits per heavy atom. The highest BCUT2D eigenvalue weighted by molar-refractivity contribution is 5.99. The van der Waals surface area contributed by atoms with Crippen molar-refractivity contribution in [3.8, 4) is 0 Å². The number of primary amides is 1. The maximum absolute atomic E-state index is 12.2. The van der Waals surface area contributed by atoms with Crippen molar-refractivity contribution in [3.63, 3.8) is 0 Å². The molecule has 0 saturated carbocycles. The predicted molar refractivity (Wildman–Crippen MR) is 76.3 cm³/mol. The van der Waals surface area contributed by atoms with Crippen LogP contribution in [0.5, 0.6) is 0 Å². The Balaban J connectivity index is 2.30. The first-order chi connectivity index (χ1) is 9.91. The van der Waals surface area contributed by atoms with Crippen LogP contribution < -0.4 is 16.0 Å². The zero-order chi connectivity index (χ0) is 15.6. The SMILES string of the molecule is CC(NC(=O)N1CCCc2c(C(=O)O)cccc21)C(N)=O. The molecule has 0 saturated heterocycles. The number of hydrogen-bond acceptors (Lipinski definition) is 3. The smallest absolute Gasteiger partial charge is 0.336 e. The van der Waals surface area contributed by atoms with Crippen LogP contribution in [0.15, 0.2) is 18.2 Å². The molecule has 1 aliphatic heterocycles. The van der Waals surface area contributed by atoms with Crippen molar-refractivity contribution in [2.75, 3.05) is 11.4 Å². The summed E-state index contributed by atoms with van der Waals surface area (Å²) in [6.07, 6.45) is 1.27. The summed E-state index contributed by atoms with van der Waals surface area (Å²) in [5.74, 6) is -1.64. The molecular weight excluding hydrogens is 274 g/mol. The lowest BCUT2D eigenvalue weighted by molar-refractivity contribution is -0.119. The fourth-order valence-corrected chi connectivity index (χ4v) is 2.37. The highest BCUT2D eigenvalue weighted by atomic mass is 16.4. The molecule has 7 heteroatoms. The molecule has 0 aliphatic carbocycles. The quantitative estimate of drug-likeness (QED) is 0.761. The first-order valence-electron chi connectivity index (χ1n) is 6.64. The lowest BCUT2D eigenvalue weighted by Crippen LogP contribution is -2.50. The summed E-state index contributed by atoms with van der Waals surface area (Å²) in [4.78, 5) is 35.9. The number of urea groups is 1. The third-order valence-electron chi connectivity index (χ3n) is 3.49. The molecule has 0 radical (unpaired) electrons. The van der Waals surface area contributed by atoms with Gasteiger partial charge < -0.3 is 16.2 Å². The molecule has 1 unspecified atom stereocenters. The molecule has 1 aromatic rings. The minimum Gasteiger partial charge on any atom is -0.478 e. The van der Waals surface area contributed by atoms with Gasteiger partial charge in [0.05, 0.1) is 5.56 Å². The van der Waals surface area contributed by atoms with Gasteiger partial charge in [0.1, 0.15) is 6.04 Å². The second-order valence-corrected chi connectivity index (χ2v) is 4.94. The van der Waals surface area contributed by atoms with Crippen molar-refractivity contribution in [3.05, 3.63) is 29.3 Å². The number of nitrogens with one attached hydrogen (secondary N) is 1. The van der Waals surface area contributed by atoms with E-state index in [9.17, 15) is 19.5 Å². The van der Waals surface area contributed by atoms with Crippen molar-refractivity contribution in [2.24, 2.45) is 5.73 Å². The van der Waals surface area contributed by atoms with E-state index in [0.29, 0.717) is 30.6 Å². The summed E-state index contributed by atoms with van der Waals surface area (Å²) >= 11 is 0. The number of anilines is 1. The molecule has 21 heavy (non-hydrogen) atoms. The number of carboxylic acid groups (broad SMARTS) is 1. The molecular formula is C14H17N3O4. The summed E-state index contributed by atoms with van der Waals surface area (Å²) < 4.78 is 0. The average molecular weight is 291 g/mol. The fourth-order valence-electron chi connectivity index (χ4n) is 2.37. The van der Waals surface area contributed by atoms with Crippen LogP contribution in [0.2, 0.25) is 0 Å². The van der Waals surface area contributed by atoms with Gasteiger partial charge in [0.2, 0.25) is 5.91 Å². The Morgan fingerprint density at radius 3 is 2.71 bits per heavy atom.